The van der Waals surface area contributed by atoms with Crippen LogP contribution in [0, 0.1) is 0 Å². The van der Waals surface area contributed by atoms with E-state index in [2.05, 4.69) is 4.98 Å². The molecule has 1 aromatic heterocycles. The van der Waals surface area contributed by atoms with E-state index in [1.165, 1.54) is 0 Å². The van der Waals surface area contributed by atoms with Crippen molar-refractivity contribution >= 4 is 5.91 Å². The summed E-state index contributed by atoms with van der Waals surface area (Å²) in [6, 6.07) is 3.53. The van der Waals surface area contributed by atoms with Crippen LogP contribution in [0.1, 0.15) is 12.0 Å². The third kappa shape index (κ3) is 1.75. The second-order valence-corrected chi connectivity index (χ2v) is 3.51. The lowest BCUT2D eigenvalue weighted by molar-refractivity contribution is -0.129. The number of aromatic nitrogens is 1. The Morgan fingerprint density at radius 2 is 2.21 bits per heavy atom. The van der Waals surface area contributed by atoms with Gasteiger partial charge in [-0.3, -0.25) is 9.78 Å². The van der Waals surface area contributed by atoms with E-state index in [1.807, 2.05) is 12.1 Å². The number of carbonyl (C=O) groups excluding carboxylic acids is 1. The van der Waals surface area contributed by atoms with Crippen molar-refractivity contribution in [1.82, 2.24) is 9.88 Å². The summed E-state index contributed by atoms with van der Waals surface area (Å²) >= 11 is 0. The molecule has 2 N–H and O–H groups in total. The molecular formula is C10H13N3O. The molecule has 4 nitrogen and oxygen atoms in total. The van der Waals surface area contributed by atoms with Gasteiger partial charge in [-0.15, -0.1) is 0 Å². The Bertz CT molecular complexity index is 325. The maximum atomic E-state index is 11.5. The topological polar surface area (TPSA) is 59.2 Å². The average Bonchev–Trinajstić information content (AvgIpc) is 2.52. The van der Waals surface area contributed by atoms with Gasteiger partial charge in [-0.25, -0.2) is 0 Å². The van der Waals surface area contributed by atoms with Gasteiger partial charge in [0.1, 0.15) is 0 Å². The summed E-state index contributed by atoms with van der Waals surface area (Å²) in [7, 11) is 0. The minimum Gasteiger partial charge on any atom is -0.337 e. The van der Waals surface area contributed by atoms with Crippen LogP contribution in [0.5, 0.6) is 0 Å². The quantitative estimate of drug-likeness (QED) is 0.723. The van der Waals surface area contributed by atoms with Crippen molar-refractivity contribution in [3.05, 3.63) is 30.1 Å². The van der Waals surface area contributed by atoms with Crippen molar-refractivity contribution in [1.29, 1.82) is 0 Å². The molecule has 1 atom stereocenters. The van der Waals surface area contributed by atoms with Gasteiger partial charge in [-0.05, 0) is 24.1 Å². The highest BCUT2D eigenvalue weighted by atomic mass is 16.2. The Kier molecular flexibility index (Phi) is 2.45. The van der Waals surface area contributed by atoms with Crippen LogP contribution in [0.25, 0.3) is 0 Å². The third-order valence-corrected chi connectivity index (χ3v) is 2.46. The summed E-state index contributed by atoms with van der Waals surface area (Å²) in [5.74, 6) is 0.0572. The molecule has 2 rings (SSSR count). The largest absolute Gasteiger partial charge is 0.337 e. The van der Waals surface area contributed by atoms with E-state index >= 15 is 0 Å². The lowest BCUT2D eigenvalue weighted by Gasteiger charge is -2.15. The van der Waals surface area contributed by atoms with Gasteiger partial charge in [-0.1, -0.05) is 0 Å². The van der Waals surface area contributed by atoms with Crippen molar-refractivity contribution < 1.29 is 4.79 Å². The zero-order chi connectivity index (χ0) is 9.97. The summed E-state index contributed by atoms with van der Waals surface area (Å²) in [6.07, 6.45) is 4.23. The molecule has 1 aliphatic heterocycles. The molecule has 0 saturated carbocycles. The zero-order valence-electron chi connectivity index (χ0n) is 7.89. The molecule has 1 unspecified atom stereocenters. The molecule has 2 heterocycles. The summed E-state index contributed by atoms with van der Waals surface area (Å²) < 4.78 is 0. The summed E-state index contributed by atoms with van der Waals surface area (Å²) in [5.41, 5.74) is 6.72. The molecule has 1 aromatic rings. The van der Waals surface area contributed by atoms with Crippen molar-refractivity contribution in [3.8, 4) is 0 Å². The van der Waals surface area contributed by atoms with Crippen molar-refractivity contribution in [2.24, 2.45) is 5.73 Å². The first kappa shape index (κ1) is 9.15. The number of carbonyl (C=O) groups is 1. The van der Waals surface area contributed by atoms with Crippen LogP contribution in [0.2, 0.25) is 0 Å². The summed E-state index contributed by atoms with van der Waals surface area (Å²) in [5, 5.41) is 0. The maximum absolute atomic E-state index is 11.5. The Labute approximate surface area is 82.7 Å². The number of likely N-dealkylation sites (tertiary alicyclic amines) is 1. The first-order valence-corrected chi connectivity index (χ1v) is 4.70. The zero-order valence-corrected chi connectivity index (χ0v) is 7.89. The Morgan fingerprint density at radius 1 is 1.50 bits per heavy atom. The predicted molar refractivity (Wildman–Crippen MR) is 52.2 cm³/mol. The Hall–Kier alpha value is -1.42. The Morgan fingerprint density at radius 3 is 2.79 bits per heavy atom. The van der Waals surface area contributed by atoms with Gasteiger partial charge < -0.3 is 10.6 Å². The molecule has 1 amide bonds. The number of amides is 1. The molecule has 0 bridgehead atoms. The molecule has 0 spiro atoms. The van der Waals surface area contributed by atoms with Crippen LogP contribution in [0.15, 0.2) is 24.5 Å². The first-order valence-electron chi connectivity index (χ1n) is 4.70. The highest BCUT2D eigenvalue weighted by Crippen LogP contribution is 2.12. The van der Waals surface area contributed by atoms with Crippen molar-refractivity contribution in [2.45, 2.75) is 19.0 Å². The summed E-state index contributed by atoms with van der Waals surface area (Å²) in [4.78, 5) is 17.2. The van der Waals surface area contributed by atoms with Crippen molar-refractivity contribution in [3.63, 3.8) is 0 Å². The number of rotatable bonds is 2. The molecule has 0 aromatic carbocycles. The standard InChI is InChI=1S/C10H13N3O/c11-9-3-6-13(10(9)14)7-8-1-4-12-5-2-8/h1-2,4-5,9H,3,6-7,11H2. The van der Waals surface area contributed by atoms with Crippen LogP contribution in [-0.2, 0) is 11.3 Å². The van der Waals surface area contributed by atoms with E-state index in [0.29, 0.717) is 6.54 Å². The SMILES string of the molecule is NC1CCN(Cc2ccncc2)C1=O. The normalized spacial score (nSPS) is 21.6. The number of hydrogen-bond acceptors (Lipinski definition) is 3. The van der Waals surface area contributed by atoms with Gasteiger partial charge in [0.05, 0.1) is 6.04 Å². The molecule has 14 heavy (non-hydrogen) atoms. The van der Waals surface area contributed by atoms with E-state index in [1.54, 1.807) is 17.3 Å². The van der Waals surface area contributed by atoms with Crippen LogP contribution < -0.4 is 5.73 Å². The molecule has 0 radical (unpaired) electrons. The van der Waals surface area contributed by atoms with Gasteiger partial charge >= 0.3 is 0 Å². The van der Waals surface area contributed by atoms with Gasteiger partial charge in [0.15, 0.2) is 0 Å². The molecule has 1 saturated heterocycles. The smallest absolute Gasteiger partial charge is 0.239 e. The fourth-order valence-corrected chi connectivity index (χ4v) is 1.63. The summed E-state index contributed by atoms with van der Waals surface area (Å²) in [6.45, 7) is 1.41. The van der Waals surface area contributed by atoms with Gasteiger partial charge in [0, 0.05) is 25.5 Å². The van der Waals surface area contributed by atoms with Gasteiger partial charge in [0.2, 0.25) is 5.91 Å². The van der Waals surface area contributed by atoms with Crippen molar-refractivity contribution in [2.75, 3.05) is 6.54 Å². The van der Waals surface area contributed by atoms with Gasteiger partial charge in [-0.2, -0.15) is 0 Å². The van der Waals surface area contributed by atoms with E-state index in [0.717, 1.165) is 18.5 Å². The Balaban J connectivity index is 2.02. The van der Waals surface area contributed by atoms with Crippen LogP contribution in [0.4, 0.5) is 0 Å². The van der Waals surface area contributed by atoms with Crippen LogP contribution >= 0.6 is 0 Å². The van der Waals surface area contributed by atoms with E-state index in [-0.39, 0.29) is 11.9 Å². The maximum Gasteiger partial charge on any atom is 0.239 e. The lowest BCUT2D eigenvalue weighted by atomic mass is 10.2. The number of hydrogen-bond donors (Lipinski definition) is 1. The minimum atomic E-state index is -0.295. The molecule has 4 heteroatoms. The molecular weight excluding hydrogens is 178 g/mol. The van der Waals surface area contributed by atoms with Crippen LogP contribution in [-0.4, -0.2) is 28.4 Å². The highest BCUT2D eigenvalue weighted by Gasteiger charge is 2.27. The van der Waals surface area contributed by atoms with E-state index < -0.39 is 0 Å². The minimum absolute atomic E-state index is 0.0572. The number of nitrogens with zero attached hydrogens (tertiary/aromatic N) is 2. The van der Waals surface area contributed by atoms with E-state index in [9.17, 15) is 4.79 Å². The predicted octanol–water partition coefficient (Wildman–Crippen LogP) is 0.141. The first-order chi connectivity index (χ1) is 6.77. The monoisotopic (exact) mass is 191 g/mol. The fourth-order valence-electron chi connectivity index (χ4n) is 1.63. The lowest BCUT2D eigenvalue weighted by Crippen LogP contribution is -2.33. The second-order valence-electron chi connectivity index (χ2n) is 3.51. The average molecular weight is 191 g/mol. The molecule has 1 fully saturated rings. The van der Waals surface area contributed by atoms with Gasteiger partial charge in [0.25, 0.3) is 0 Å². The molecule has 0 aliphatic carbocycles. The molecule has 1 aliphatic rings. The van der Waals surface area contributed by atoms with E-state index in [4.69, 9.17) is 5.73 Å². The third-order valence-electron chi connectivity index (χ3n) is 2.46. The highest BCUT2D eigenvalue weighted by molar-refractivity contribution is 5.83. The van der Waals surface area contributed by atoms with Crippen LogP contribution in [0.3, 0.4) is 0 Å². The number of nitrogens with two attached hydrogens (primary N) is 1. The second kappa shape index (κ2) is 3.75. The fraction of sp³-hybridized carbons (Fsp3) is 0.400. The number of pyridine rings is 1. The molecule has 74 valence electrons.